The molecule has 1 aliphatic rings. The highest BCUT2D eigenvalue weighted by molar-refractivity contribution is 7.89. The molecule has 2 rings (SSSR count). The highest BCUT2D eigenvalue weighted by Crippen LogP contribution is 2.20. The SMILES string of the molecule is COc1ccccc1CC(=O)N[C@@H]1COC[C@H]1CS(=O)(=O)N(C)C. The molecule has 0 spiro atoms. The standard InChI is InChI=1S/C16H24N2O5S/c1-18(2)24(20,21)11-13-9-23-10-14(13)17-16(19)8-12-6-4-5-7-15(12)22-3/h4-7,13-14H,8-11H2,1-3H3,(H,17,19)/t13-,14+/m0/s1. The number of ether oxygens (including phenoxy) is 2. The van der Waals surface area contributed by atoms with Crippen molar-refractivity contribution in [2.24, 2.45) is 5.92 Å². The van der Waals surface area contributed by atoms with E-state index in [1.165, 1.54) is 18.4 Å². The Bertz CT molecular complexity index is 675. The molecule has 0 unspecified atom stereocenters. The summed E-state index contributed by atoms with van der Waals surface area (Å²) in [6.07, 6.45) is 0.174. The normalized spacial score (nSPS) is 21.0. The molecule has 2 atom stereocenters. The fourth-order valence-electron chi connectivity index (χ4n) is 2.62. The minimum atomic E-state index is -3.34. The molecule has 1 aromatic rings. The van der Waals surface area contributed by atoms with E-state index in [2.05, 4.69) is 5.32 Å². The Morgan fingerprint density at radius 3 is 2.71 bits per heavy atom. The van der Waals surface area contributed by atoms with Crippen LogP contribution in [0.2, 0.25) is 0 Å². The first kappa shape index (κ1) is 18.7. The van der Waals surface area contributed by atoms with Gasteiger partial charge in [-0.2, -0.15) is 0 Å². The van der Waals surface area contributed by atoms with Crippen molar-refractivity contribution < 1.29 is 22.7 Å². The van der Waals surface area contributed by atoms with Crippen molar-refractivity contribution >= 4 is 15.9 Å². The first-order valence-corrected chi connectivity index (χ1v) is 9.33. The summed E-state index contributed by atoms with van der Waals surface area (Å²) in [5.74, 6) is 0.183. The van der Waals surface area contributed by atoms with E-state index in [1.807, 2.05) is 18.2 Å². The molecule has 1 saturated heterocycles. The van der Waals surface area contributed by atoms with Crippen LogP contribution < -0.4 is 10.1 Å². The van der Waals surface area contributed by atoms with Crippen LogP contribution in [0, 0.1) is 5.92 Å². The van der Waals surface area contributed by atoms with Gasteiger partial charge in [0.1, 0.15) is 5.75 Å². The van der Waals surface area contributed by atoms with Crippen LogP contribution in [0.3, 0.4) is 0 Å². The summed E-state index contributed by atoms with van der Waals surface area (Å²) in [6.45, 7) is 0.651. The van der Waals surface area contributed by atoms with E-state index in [-0.39, 0.29) is 30.0 Å². The highest BCUT2D eigenvalue weighted by atomic mass is 32.2. The largest absolute Gasteiger partial charge is 0.496 e. The molecule has 0 bridgehead atoms. The number of nitrogens with one attached hydrogen (secondary N) is 1. The van der Waals surface area contributed by atoms with Crippen molar-refractivity contribution in [3.05, 3.63) is 29.8 Å². The van der Waals surface area contributed by atoms with Crippen LogP contribution in [-0.4, -0.2) is 64.8 Å². The monoisotopic (exact) mass is 356 g/mol. The smallest absolute Gasteiger partial charge is 0.224 e. The summed E-state index contributed by atoms with van der Waals surface area (Å²) < 4.78 is 35.9. The Hall–Kier alpha value is -1.64. The minimum absolute atomic E-state index is 0.0421. The van der Waals surface area contributed by atoms with Gasteiger partial charge in [-0.15, -0.1) is 0 Å². The van der Waals surface area contributed by atoms with Crippen molar-refractivity contribution in [2.45, 2.75) is 12.5 Å². The average Bonchev–Trinajstić information content (AvgIpc) is 2.93. The van der Waals surface area contributed by atoms with Crippen molar-refractivity contribution in [2.75, 3.05) is 40.2 Å². The number of methoxy groups -OCH3 is 1. The molecular formula is C16H24N2O5S. The van der Waals surface area contributed by atoms with E-state index in [0.29, 0.717) is 19.0 Å². The average molecular weight is 356 g/mol. The van der Waals surface area contributed by atoms with E-state index < -0.39 is 10.0 Å². The molecule has 7 nitrogen and oxygen atoms in total. The third kappa shape index (κ3) is 4.68. The quantitative estimate of drug-likeness (QED) is 0.758. The molecule has 1 N–H and O–H groups in total. The first-order valence-electron chi connectivity index (χ1n) is 7.72. The number of nitrogens with zero attached hydrogens (tertiary/aromatic N) is 1. The van der Waals surface area contributed by atoms with Gasteiger partial charge in [-0.3, -0.25) is 4.79 Å². The lowest BCUT2D eigenvalue weighted by Gasteiger charge is -2.21. The number of hydrogen-bond acceptors (Lipinski definition) is 5. The van der Waals surface area contributed by atoms with E-state index in [4.69, 9.17) is 9.47 Å². The molecule has 1 fully saturated rings. The second kappa shape index (κ2) is 7.96. The number of sulfonamides is 1. The van der Waals surface area contributed by atoms with Crippen LogP contribution in [0.4, 0.5) is 0 Å². The Balaban J connectivity index is 1.98. The van der Waals surface area contributed by atoms with Crippen LogP contribution >= 0.6 is 0 Å². The van der Waals surface area contributed by atoms with Gasteiger partial charge in [0, 0.05) is 25.6 Å². The van der Waals surface area contributed by atoms with Crippen molar-refractivity contribution in [1.82, 2.24) is 9.62 Å². The molecule has 0 aromatic heterocycles. The third-order valence-electron chi connectivity index (χ3n) is 4.07. The van der Waals surface area contributed by atoms with Gasteiger partial charge in [0.15, 0.2) is 0 Å². The second-order valence-corrected chi connectivity index (χ2v) is 8.25. The highest BCUT2D eigenvalue weighted by Gasteiger charge is 2.34. The summed E-state index contributed by atoms with van der Waals surface area (Å²) in [5.41, 5.74) is 0.786. The molecule has 1 aromatic carbocycles. The van der Waals surface area contributed by atoms with Crippen LogP contribution in [0.25, 0.3) is 0 Å². The summed E-state index contributed by atoms with van der Waals surface area (Å²) >= 11 is 0. The predicted octanol–water partition coefficient (Wildman–Crippen LogP) is 0.260. The Morgan fingerprint density at radius 1 is 1.33 bits per heavy atom. The van der Waals surface area contributed by atoms with Gasteiger partial charge in [0.25, 0.3) is 0 Å². The lowest BCUT2D eigenvalue weighted by atomic mass is 10.1. The number of amides is 1. The van der Waals surface area contributed by atoms with Gasteiger partial charge < -0.3 is 14.8 Å². The van der Waals surface area contributed by atoms with Gasteiger partial charge in [0.05, 0.1) is 38.5 Å². The molecule has 1 aliphatic heterocycles. The number of carbonyl (C=O) groups excluding carboxylic acids is 1. The summed E-state index contributed by atoms with van der Waals surface area (Å²) in [7, 11) is 1.22. The number of benzene rings is 1. The summed E-state index contributed by atoms with van der Waals surface area (Å²) in [5, 5.41) is 2.89. The zero-order valence-corrected chi connectivity index (χ0v) is 15.0. The van der Waals surface area contributed by atoms with Gasteiger partial charge in [0.2, 0.25) is 15.9 Å². The van der Waals surface area contributed by atoms with Gasteiger partial charge in [-0.25, -0.2) is 12.7 Å². The lowest BCUT2D eigenvalue weighted by Crippen LogP contribution is -2.44. The Labute approximate surface area is 143 Å². The Morgan fingerprint density at radius 2 is 2.04 bits per heavy atom. The molecule has 1 amide bonds. The van der Waals surface area contributed by atoms with Gasteiger partial charge in [-0.1, -0.05) is 18.2 Å². The van der Waals surface area contributed by atoms with Crippen LogP contribution in [0.1, 0.15) is 5.56 Å². The van der Waals surface area contributed by atoms with E-state index in [1.54, 1.807) is 13.2 Å². The molecule has 8 heteroatoms. The number of carbonyl (C=O) groups is 1. The number of hydrogen-bond donors (Lipinski definition) is 1. The summed E-state index contributed by atoms with van der Waals surface area (Å²) in [4.78, 5) is 12.3. The molecule has 24 heavy (non-hydrogen) atoms. The lowest BCUT2D eigenvalue weighted by molar-refractivity contribution is -0.121. The van der Waals surface area contributed by atoms with Crippen molar-refractivity contribution in [3.8, 4) is 5.75 Å². The maximum absolute atomic E-state index is 12.3. The molecule has 134 valence electrons. The number of para-hydroxylation sites is 1. The first-order chi connectivity index (χ1) is 11.3. The van der Waals surface area contributed by atoms with Crippen LogP contribution in [0.15, 0.2) is 24.3 Å². The third-order valence-corrected chi connectivity index (χ3v) is 6.03. The van der Waals surface area contributed by atoms with Crippen molar-refractivity contribution in [1.29, 1.82) is 0 Å². The van der Waals surface area contributed by atoms with Crippen molar-refractivity contribution in [3.63, 3.8) is 0 Å². The Kier molecular flexibility index (Phi) is 6.20. The predicted molar refractivity (Wildman–Crippen MR) is 90.4 cm³/mol. The summed E-state index contributed by atoms with van der Waals surface area (Å²) in [6, 6.07) is 7.01. The second-order valence-electron chi connectivity index (χ2n) is 6.02. The molecule has 0 aliphatic carbocycles. The topological polar surface area (TPSA) is 84.9 Å². The molecule has 1 heterocycles. The van der Waals surface area contributed by atoms with Crippen LogP contribution in [-0.2, 0) is 26.0 Å². The zero-order valence-electron chi connectivity index (χ0n) is 14.2. The zero-order chi connectivity index (χ0) is 17.7. The fraction of sp³-hybridized carbons (Fsp3) is 0.562. The van der Waals surface area contributed by atoms with Crippen LogP contribution in [0.5, 0.6) is 5.75 Å². The van der Waals surface area contributed by atoms with Gasteiger partial charge in [-0.05, 0) is 6.07 Å². The molecule has 0 saturated carbocycles. The maximum atomic E-state index is 12.3. The van der Waals surface area contributed by atoms with E-state index in [0.717, 1.165) is 5.56 Å². The van der Waals surface area contributed by atoms with E-state index >= 15 is 0 Å². The molecule has 0 radical (unpaired) electrons. The van der Waals surface area contributed by atoms with E-state index in [9.17, 15) is 13.2 Å². The van der Waals surface area contributed by atoms with Gasteiger partial charge >= 0.3 is 0 Å². The molecular weight excluding hydrogens is 332 g/mol. The maximum Gasteiger partial charge on any atom is 0.224 e. The number of rotatable bonds is 7. The fourth-order valence-corrected chi connectivity index (χ4v) is 3.79. The minimum Gasteiger partial charge on any atom is -0.496 e.